The van der Waals surface area contributed by atoms with E-state index in [0.717, 1.165) is 37.3 Å². The van der Waals surface area contributed by atoms with E-state index in [1.54, 1.807) is 12.4 Å². The van der Waals surface area contributed by atoms with Gasteiger partial charge in [0.05, 0.1) is 17.4 Å². The molecule has 1 aliphatic carbocycles. The highest BCUT2D eigenvalue weighted by Crippen LogP contribution is 2.27. The van der Waals surface area contributed by atoms with Crippen molar-refractivity contribution in [3.63, 3.8) is 0 Å². The summed E-state index contributed by atoms with van der Waals surface area (Å²) < 4.78 is 14.5. The van der Waals surface area contributed by atoms with Crippen LogP contribution >= 0.6 is 0 Å². The molecule has 1 fully saturated rings. The number of carbonyl (C=O) groups excluding carboxylic acids is 1. The predicted octanol–water partition coefficient (Wildman–Crippen LogP) is 2.45. The maximum Gasteiger partial charge on any atom is 0.252 e. The molecule has 26 heavy (non-hydrogen) atoms. The fourth-order valence-corrected chi connectivity index (χ4v) is 3.11. The highest BCUT2D eigenvalue weighted by molar-refractivity contribution is 5.98. The second kappa shape index (κ2) is 7.65. The summed E-state index contributed by atoms with van der Waals surface area (Å²) in [6.07, 6.45) is 7.11. The fourth-order valence-electron chi connectivity index (χ4n) is 3.11. The Kier molecular flexibility index (Phi) is 5.32. The van der Waals surface area contributed by atoms with Gasteiger partial charge in [0.15, 0.2) is 11.6 Å². The molecular weight excluding hydrogens is 335 g/mol. The molecule has 7 nitrogen and oxygen atoms in total. The van der Waals surface area contributed by atoms with Gasteiger partial charge in [-0.3, -0.25) is 9.78 Å². The molecule has 6 N–H and O–H groups in total. The molecule has 2 heterocycles. The summed E-state index contributed by atoms with van der Waals surface area (Å²) >= 11 is 0. The average molecular weight is 358 g/mol. The molecule has 2 aromatic heterocycles. The highest BCUT2D eigenvalue weighted by atomic mass is 19.1. The lowest BCUT2D eigenvalue weighted by atomic mass is 9.91. The first kappa shape index (κ1) is 18.1. The van der Waals surface area contributed by atoms with Crippen molar-refractivity contribution in [3.05, 3.63) is 41.5 Å². The van der Waals surface area contributed by atoms with Crippen molar-refractivity contribution in [2.45, 2.75) is 44.7 Å². The number of amides is 1. The second-order valence-electron chi connectivity index (χ2n) is 6.59. The van der Waals surface area contributed by atoms with E-state index in [9.17, 15) is 9.18 Å². The third kappa shape index (κ3) is 3.91. The van der Waals surface area contributed by atoms with E-state index in [0.29, 0.717) is 5.69 Å². The molecule has 2 atom stereocenters. The Labute approximate surface area is 151 Å². The van der Waals surface area contributed by atoms with Crippen LogP contribution in [0.15, 0.2) is 24.5 Å². The summed E-state index contributed by atoms with van der Waals surface area (Å²) in [6.45, 7) is 1.89. The van der Waals surface area contributed by atoms with Gasteiger partial charge in [0.2, 0.25) is 0 Å². The first-order chi connectivity index (χ1) is 12.5. The van der Waals surface area contributed by atoms with Crippen LogP contribution in [-0.2, 0) is 0 Å². The molecule has 3 rings (SSSR count). The average Bonchev–Trinajstić information content (AvgIpc) is 2.61. The molecule has 1 amide bonds. The van der Waals surface area contributed by atoms with E-state index in [4.69, 9.17) is 11.5 Å². The zero-order chi connectivity index (χ0) is 18.7. The van der Waals surface area contributed by atoms with E-state index in [2.05, 4.69) is 20.6 Å². The number of nitrogens with two attached hydrogens (primary N) is 2. The number of hydrogen-bond acceptors (Lipinski definition) is 6. The van der Waals surface area contributed by atoms with Crippen molar-refractivity contribution in [2.24, 2.45) is 11.5 Å². The van der Waals surface area contributed by atoms with E-state index < -0.39 is 11.7 Å². The number of nitrogens with zero attached hydrogens (tertiary/aromatic N) is 2. The zero-order valence-electron chi connectivity index (χ0n) is 14.6. The Morgan fingerprint density at radius 2 is 2.08 bits per heavy atom. The van der Waals surface area contributed by atoms with E-state index >= 15 is 0 Å². The number of halogens is 1. The van der Waals surface area contributed by atoms with Crippen LogP contribution in [0.2, 0.25) is 0 Å². The largest absolute Gasteiger partial charge is 0.365 e. The molecule has 138 valence electrons. The van der Waals surface area contributed by atoms with Crippen molar-refractivity contribution < 1.29 is 9.18 Å². The van der Waals surface area contributed by atoms with Crippen molar-refractivity contribution in [1.29, 1.82) is 0 Å². The molecule has 1 aliphatic rings. The number of primary amides is 1. The number of carbonyl (C=O) groups is 1. The molecule has 0 bridgehead atoms. The maximum absolute atomic E-state index is 14.5. The van der Waals surface area contributed by atoms with Crippen molar-refractivity contribution >= 4 is 23.2 Å². The minimum Gasteiger partial charge on any atom is -0.365 e. The monoisotopic (exact) mass is 358 g/mol. The van der Waals surface area contributed by atoms with Crippen LogP contribution in [0.3, 0.4) is 0 Å². The van der Waals surface area contributed by atoms with Gasteiger partial charge in [-0.25, -0.2) is 9.37 Å². The SMILES string of the molecule is Cc1ccncc1Nc1nc(NC2CCCC[C@@H]2N)c(F)cc1C(N)=O. The summed E-state index contributed by atoms with van der Waals surface area (Å²) in [5, 5.41) is 6.11. The van der Waals surface area contributed by atoms with Crippen molar-refractivity contribution in [3.8, 4) is 0 Å². The van der Waals surface area contributed by atoms with Crippen molar-refractivity contribution in [2.75, 3.05) is 10.6 Å². The molecule has 0 saturated heterocycles. The normalized spacial score (nSPS) is 19.8. The minimum atomic E-state index is -0.763. The summed E-state index contributed by atoms with van der Waals surface area (Å²) in [4.78, 5) is 20.0. The zero-order valence-corrected chi connectivity index (χ0v) is 14.6. The lowest BCUT2D eigenvalue weighted by molar-refractivity contribution is 0.100. The van der Waals surface area contributed by atoms with Crippen LogP contribution in [0.1, 0.15) is 41.6 Å². The molecule has 0 aromatic carbocycles. The number of nitrogens with one attached hydrogen (secondary N) is 2. The van der Waals surface area contributed by atoms with Gasteiger partial charge in [-0.2, -0.15) is 0 Å². The molecule has 0 aliphatic heterocycles. The first-order valence-electron chi connectivity index (χ1n) is 8.66. The van der Waals surface area contributed by atoms with Gasteiger partial charge in [0, 0.05) is 18.3 Å². The molecular formula is C18H23FN6O. The van der Waals surface area contributed by atoms with Gasteiger partial charge < -0.3 is 22.1 Å². The molecule has 1 unspecified atom stereocenters. The smallest absolute Gasteiger partial charge is 0.252 e. The Bertz CT molecular complexity index is 812. The third-order valence-electron chi connectivity index (χ3n) is 4.68. The molecule has 1 saturated carbocycles. The van der Waals surface area contributed by atoms with Crippen LogP contribution < -0.4 is 22.1 Å². The Morgan fingerprint density at radius 3 is 2.77 bits per heavy atom. The van der Waals surface area contributed by atoms with Gasteiger partial charge in [0.25, 0.3) is 5.91 Å². The van der Waals surface area contributed by atoms with Crippen LogP contribution in [0.5, 0.6) is 0 Å². The van der Waals surface area contributed by atoms with Gasteiger partial charge in [-0.05, 0) is 37.5 Å². The maximum atomic E-state index is 14.5. The van der Waals surface area contributed by atoms with Crippen LogP contribution in [0.4, 0.5) is 21.7 Å². The van der Waals surface area contributed by atoms with E-state index in [1.165, 1.54) is 0 Å². The van der Waals surface area contributed by atoms with Gasteiger partial charge in [-0.1, -0.05) is 12.8 Å². The Balaban J connectivity index is 1.93. The highest BCUT2D eigenvalue weighted by Gasteiger charge is 2.24. The van der Waals surface area contributed by atoms with Crippen molar-refractivity contribution in [1.82, 2.24) is 9.97 Å². The number of aromatic nitrogens is 2. The number of aryl methyl sites for hydroxylation is 1. The summed E-state index contributed by atoms with van der Waals surface area (Å²) in [5.74, 6) is -1.16. The number of anilines is 3. The standard InChI is InChI=1S/C18H23FN6O/c1-10-6-7-22-9-15(10)24-17-11(16(21)26)8-12(19)18(25-17)23-14-5-3-2-4-13(14)20/h6-9,13-14H,2-5,20H2,1H3,(H2,21,26)(H2,23,24,25)/t13-,14?/m0/s1. The molecule has 0 spiro atoms. The predicted molar refractivity (Wildman–Crippen MR) is 98.8 cm³/mol. The van der Waals surface area contributed by atoms with Crippen LogP contribution in [0.25, 0.3) is 0 Å². The van der Waals surface area contributed by atoms with Gasteiger partial charge >= 0.3 is 0 Å². The molecule has 8 heteroatoms. The lowest BCUT2D eigenvalue weighted by Gasteiger charge is -2.30. The summed E-state index contributed by atoms with van der Waals surface area (Å²) in [7, 11) is 0. The molecule has 2 aromatic rings. The van der Waals surface area contributed by atoms with E-state index in [1.807, 2.05) is 13.0 Å². The van der Waals surface area contributed by atoms with Gasteiger partial charge in [0.1, 0.15) is 5.82 Å². The third-order valence-corrected chi connectivity index (χ3v) is 4.68. The van der Waals surface area contributed by atoms with Crippen LogP contribution in [-0.4, -0.2) is 28.0 Å². The number of hydrogen-bond donors (Lipinski definition) is 4. The summed E-state index contributed by atoms with van der Waals surface area (Å²) in [5.41, 5.74) is 13.1. The number of rotatable bonds is 5. The molecule has 0 radical (unpaired) electrons. The second-order valence-corrected chi connectivity index (χ2v) is 6.59. The Morgan fingerprint density at radius 1 is 1.31 bits per heavy atom. The first-order valence-corrected chi connectivity index (χ1v) is 8.66. The lowest BCUT2D eigenvalue weighted by Crippen LogP contribution is -2.43. The fraction of sp³-hybridized carbons (Fsp3) is 0.389. The van der Waals surface area contributed by atoms with Gasteiger partial charge in [-0.15, -0.1) is 0 Å². The quantitative estimate of drug-likeness (QED) is 0.652. The Hall–Kier alpha value is -2.74. The van der Waals surface area contributed by atoms with Crippen LogP contribution in [0, 0.1) is 12.7 Å². The number of pyridine rings is 2. The topological polar surface area (TPSA) is 119 Å². The minimum absolute atomic E-state index is 0.0238. The summed E-state index contributed by atoms with van der Waals surface area (Å²) in [6, 6.07) is 2.80. The van der Waals surface area contributed by atoms with E-state index in [-0.39, 0.29) is 29.3 Å².